The lowest BCUT2D eigenvalue weighted by molar-refractivity contribution is -0.144. The van der Waals surface area contributed by atoms with Gasteiger partial charge in [-0.15, -0.1) is 0 Å². The van der Waals surface area contributed by atoms with Crippen LogP contribution in [0.25, 0.3) is 0 Å². The van der Waals surface area contributed by atoms with E-state index in [2.05, 4.69) is 0 Å². The minimum Gasteiger partial charge on any atom is -0.365 e. The van der Waals surface area contributed by atoms with Crippen LogP contribution < -0.4 is 11.3 Å². The Bertz CT molecular complexity index is 831. The number of alkyl halides is 3. The Kier molecular flexibility index (Phi) is 4.46. The van der Waals surface area contributed by atoms with E-state index in [1.54, 1.807) is 0 Å². The summed E-state index contributed by atoms with van der Waals surface area (Å²) in [5.74, 6) is -1.82. The molecule has 122 valence electrons. The first-order chi connectivity index (χ1) is 10.6. The van der Waals surface area contributed by atoms with Crippen molar-refractivity contribution in [2.45, 2.75) is 12.7 Å². The molecule has 0 aliphatic rings. The number of halogens is 5. The van der Waals surface area contributed by atoms with E-state index in [0.29, 0.717) is 10.6 Å². The minimum absolute atomic E-state index is 0.0855. The van der Waals surface area contributed by atoms with E-state index in [1.165, 1.54) is 0 Å². The third kappa shape index (κ3) is 3.53. The SMILES string of the molecule is NC(=O)c1ccc(C(F)(F)F)n(Cc2ccc(F)cc2Cl)c1=O. The number of aromatic nitrogens is 1. The topological polar surface area (TPSA) is 65.1 Å². The van der Waals surface area contributed by atoms with Crippen LogP contribution in [0.4, 0.5) is 17.6 Å². The molecule has 0 saturated heterocycles. The van der Waals surface area contributed by atoms with Crippen LogP contribution in [0.1, 0.15) is 21.6 Å². The number of carbonyl (C=O) groups is 1. The predicted octanol–water partition coefficient (Wildman–Crippen LogP) is 2.81. The van der Waals surface area contributed by atoms with Crippen LogP contribution in [-0.2, 0) is 12.7 Å². The highest BCUT2D eigenvalue weighted by Gasteiger charge is 2.35. The summed E-state index contributed by atoms with van der Waals surface area (Å²) in [5, 5.41) is -0.144. The molecule has 1 amide bonds. The first kappa shape index (κ1) is 17.0. The number of pyridine rings is 1. The third-order valence-corrected chi connectivity index (χ3v) is 3.43. The number of carbonyl (C=O) groups excluding carboxylic acids is 1. The van der Waals surface area contributed by atoms with Gasteiger partial charge >= 0.3 is 6.18 Å². The molecule has 0 bridgehead atoms. The van der Waals surface area contributed by atoms with Crippen molar-refractivity contribution in [3.8, 4) is 0 Å². The van der Waals surface area contributed by atoms with Crippen LogP contribution in [-0.4, -0.2) is 10.5 Å². The molecule has 0 radical (unpaired) electrons. The molecule has 2 aromatic rings. The van der Waals surface area contributed by atoms with Crippen LogP contribution in [0.3, 0.4) is 0 Å². The number of hydrogen-bond acceptors (Lipinski definition) is 2. The Morgan fingerprint density at radius 1 is 1.22 bits per heavy atom. The Labute approximate surface area is 132 Å². The molecule has 0 atom stereocenters. The smallest absolute Gasteiger partial charge is 0.365 e. The number of benzene rings is 1. The van der Waals surface area contributed by atoms with Crippen molar-refractivity contribution < 1.29 is 22.4 Å². The monoisotopic (exact) mass is 348 g/mol. The van der Waals surface area contributed by atoms with Crippen LogP contribution in [0.5, 0.6) is 0 Å². The molecule has 0 fully saturated rings. The summed E-state index contributed by atoms with van der Waals surface area (Å²) >= 11 is 5.77. The fourth-order valence-electron chi connectivity index (χ4n) is 1.99. The number of nitrogens with two attached hydrogens (primary N) is 1. The summed E-state index contributed by atoms with van der Waals surface area (Å²) < 4.78 is 52.5. The van der Waals surface area contributed by atoms with Crippen molar-refractivity contribution in [1.82, 2.24) is 4.57 Å². The maximum absolute atomic E-state index is 13.1. The first-order valence-electron chi connectivity index (χ1n) is 6.16. The van der Waals surface area contributed by atoms with Gasteiger partial charge in [0.05, 0.1) is 6.54 Å². The summed E-state index contributed by atoms with van der Waals surface area (Å²) in [6, 6.07) is 4.36. The molecule has 0 saturated carbocycles. The van der Waals surface area contributed by atoms with E-state index in [4.69, 9.17) is 17.3 Å². The van der Waals surface area contributed by atoms with Gasteiger partial charge in [0.25, 0.3) is 11.5 Å². The van der Waals surface area contributed by atoms with Crippen molar-refractivity contribution >= 4 is 17.5 Å². The highest BCUT2D eigenvalue weighted by atomic mass is 35.5. The molecule has 23 heavy (non-hydrogen) atoms. The second kappa shape index (κ2) is 6.04. The zero-order valence-electron chi connectivity index (χ0n) is 11.3. The van der Waals surface area contributed by atoms with Crippen LogP contribution >= 0.6 is 11.6 Å². The van der Waals surface area contributed by atoms with Crippen molar-refractivity contribution in [2.75, 3.05) is 0 Å². The summed E-state index contributed by atoms with van der Waals surface area (Å²) in [5.41, 5.74) is 2.00. The zero-order valence-corrected chi connectivity index (χ0v) is 12.1. The number of hydrogen-bond donors (Lipinski definition) is 1. The molecule has 0 aliphatic heterocycles. The summed E-state index contributed by atoms with van der Waals surface area (Å²) in [6.07, 6.45) is -4.83. The lowest BCUT2D eigenvalue weighted by Gasteiger charge is -2.16. The Balaban J connectivity index is 2.65. The van der Waals surface area contributed by atoms with Gasteiger partial charge in [0.2, 0.25) is 0 Å². The zero-order chi connectivity index (χ0) is 17.4. The molecule has 1 aromatic carbocycles. The molecular formula is C14H9ClF4N2O2. The van der Waals surface area contributed by atoms with E-state index in [0.717, 1.165) is 24.3 Å². The maximum Gasteiger partial charge on any atom is 0.431 e. The lowest BCUT2D eigenvalue weighted by atomic mass is 10.1. The second-order valence-electron chi connectivity index (χ2n) is 4.62. The predicted molar refractivity (Wildman–Crippen MR) is 74.7 cm³/mol. The number of primary amides is 1. The normalized spacial score (nSPS) is 11.5. The Hall–Kier alpha value is -2.35. The van der Waals surface area contributed by atoms with E-state index in [9.17, 15) is 27.2 Å². The summed E-state index contributed by atoms with van der Waals surface area (Å²) in [7, 11) is 0. The number of nitrogens with zero attached hydrogens (tertiary/aromatic N) is 1. The van der Waals surface area contributed by atoms with Gasteiger partial charge in [-0.1, -0.05) is 17.7 Å². The largest absolute Gasteiger partial charge is 0.431 e. The molecule has 2 N–H and O–H groups in total. The third-order valence-electron chi connectivity index (χ3n) is 3.07. The van der Waals surface area contributed by atoms with Gasteiger partial charge in [-0.2, -0.15) is 13.2 Å². The highest BCUT2D eigenvalue weighted by molar-refractivity contribution is 6.31. The molecule has 1 heterocycles. The standard InChI is InChI=1S/C14H9ClF4N2O2/c15-10-5-8(16)2-1-7(10)6-21-11(14(17,18)19)4-3-9(12(20)22)13(21)23/h1-5H,6H2,(H2,20,22). The van der Waals surface area contributed by atoms with Crippen LogP contribution in [0, 0.1) is 5.82 Å². The van der Waals surface area contributed by atoms with E-state index in [1.807, 2.05) is 0 Å². The molecule has 0 aliphatic carbocycles. The van der Waals surface area contributed by atoms with Gasteiger partial charge in [-0.25, -0.2) is 4.39 Å². The average molecular weight is 349 g/mol. The molecule has 0 spiro atoms. The van der Waals surface area contributed by atoms with Crippen molar-refractivity contribution in [3.05, 3.63) is 68.3 Å². The van der Waals surface area contributed by atoms with Gasteiger partial charge in [-0.3, -0.25) is 14.2 Å². The molecule has 0 unspecified atom stereocenters. The maximum atomic E-state index is 13.1. The van der Waals surface area contributed by atoms with Gasteiger partial charge in [-0.05, 0) is 29.8 Å². The minimum atomic E-state index is -4.83. The Morgan fingerprint density at radius 3 is 2.39 bits per heavy atom. The molecule has 9 heteroatoms. The molecule has 2 rings (SSSR count). The summed E-state index contributed by atoms with van der Waals surface area (Å²) in [4.78, 5) is 23.3. The van der Waals surface area contributed by atoms with Crippen molar-refractivity contribution in [3.63, 3.8) is 0 Å². The van der Waals surface area contributed by atoms with Crippen molar-refractivity contribution in [2.24, 2.45) is 5.73 Å². The van der Waals surface area contributed by atoms with Crippen LogP contribution in [0.2, 0.25) is 5.02 Å². The number of amides is 1. The van der Waals surface area contributed by atoms with E-state index in [-0.39, 0.29) is 10.6 Å². The molecular weight excluding hydrogens is 340 g/mol. The van der Waals surface area contributed by atoms with Gasteiger partial charge in [0.1, 0.15) is 17.1 Å². The molecule has 4 nitrogen and oxygen atoms in total. The quantitative estimate of drug-likeness (QED) is 0.867. The molecule has 1 aromatic heterocycles. The summed E-state index contributed by atoms with van der Waals surface area (Å²) in [6.45, 7) is -0.589. The van der Waals surface area contributed by atoms with Gasteiger partial charge < -0.3 is 5.73 Å². The van der Waals surface area contributed by atoms with E-state index >= 15 is 0 Å². The Morgan fingerprint density at radius 2 is 1.87 bits per heavy atom. The first-order valence-corrected chi connectivity index (χ1v) is 6.54. The second-order valence-corrected chi connectivity index (χ2v) is 5.03. The fourth-order valence-corrected chi connectivity index (χ4v) is 2.22. The number of rotatable bonds is 3. The van der Waals surface area contributed by atoms with Crippen molar-refractivity contribution in [1.29, 1.82) is 0 Å². The fraction of sp³-hybridized carbons (Fsp3) is 0.143. The average Bonchev–Trinajstić information content (AvgIpc) is 2.41. The lowest BCUT2D eigenvalue weighted by Crippen LogP contribution is -2.34. The van der Waals surface area contributed by atoms with Crippen LogP contribution in [0.15, 0.2) is 35.1 Å². The van der Waals surface area contributed by atoms with E-state index < -0.39 is 41.3 Å². The van der Waals surface area contributed by atoms with Gasteiger partial charge in [0, 0.05) is 5.02 Å². The highest BCUT2D eigenvalue weighted by Crippen LogP contribution is 2.29. The van der Waals surface area contributed by atoms with Gasteiger partial charge in [0.15, 0.2) is 0 Å².